The van der Waals surface area contributed by atoms with Crippen LogP contribution >= 0.6 is 0 Å². The summed E-state index contributed by atoms with van der Waals surface area (Å²) in [4.78, 5) is 43.2. The van der Waals surface area contributed by atoms with E-state index in [-0.39, 0.29) is 56.5 Å². The van der Waals surface area contributed by atoms with Gasteiger partial charge in [0.25, 0.3) is 0 Å². The van der Waals surface area contributed by atoms with Crippen LogP contribution in [-0.4, -0.2) is 83.0 Å². The molecule has 0 aliphatic carbocycles. The number of aromatic nitrogens is 1. The Morgan fingerprint density at radius 1 is 1.02 bits per heavy atom. The number of para-hydroxylation sites is 1. The van der Waals surface area contributed by atoms with Crippen LogP contribution in [0.5, 0.6) is 17.2 Å². The van der Waals surface area contributed by atoms with Crippen molar-refractivity contribution in [1.29, 1.82) is 0 Å². The number of aryl methyl sites for hydroxylation is 1. The average molecular weight is 656 g/mol. The molecule has 0 radical (unpaired) electrons. The molecule has 48 heavy (non-hydrogen) atoms. The molecule has 0 saturated carbocycles. The van der Waals surface area contributed by atoms with Crippen LogP contribution < -0.4 is 24.8 Å². The minimum absolute atomic E-state index is 0.0204. The Morgan fingerprint density at radius 2 is 1.75 bits per heavy atom. The smallest absolute Gasteiger partial charge is 0.321 e. The van der Waals surface area contributed by atoms with Crippen molar-refractivity contribution in [2.75, 3.05) is 44.2 Å². The predicted molar refractivity (Wildman–Crippen MR) is 181 cm³/mol. The van der Waals surface area contributed by atoms with Crippen molar-refractivity contribution < 1.29 is 33.7 Å². The van der Waals surface area contributed by atoms with Crippen molar-refractivity contribution in [2.45, 2.75) is 38.8 Å². The zero-order chi connectivity index (χ0) is 33.9. The van der Waals surface area contributed by atoms with E-state index in [1.165, 1.54) is 4.90 Å². The molecular weight excluding hydrogens is 614 g/mol. The Balaban J connectivity index is 1.20. The molecule has 2 aliphatic rings. The number of urea groups is 1. The lowest BCUT2D eigenvalue weighted by Gasteiger charge is -2.34. The highest BCUT2D eigenvalue weighted by molar-refractivity contribution is 5.96. The van der Waals surface area contributed by atoms with Gasteiger partial charge in [0.2, 0.25) is 18.6 Å². The molecule has 0 unspecified atom stereocenters. The van der Waals surface area contributed by atoms with Gasteiger partial charge < -0.3 is 44.3 Å². The quantitative estimate of drug-likeness (QED) is 0.256. The Labute approximate surface area is 279 Å². The summed E-state index contributed by atoms with van der Waals surface area (Å²) in [6, 6.07) is 17.7. The summed E-state index contributed by atoms with van der Waals surface area (Å²) in [6.07, 6.45) is 1.68. The SMILES string of the molecule is C[C@H]1CN([C@@H](C)CO)C(=O)Cc2cc(NC(=O)Cc3cn(C)c4ccccc34)ccc2O[C@H]1CN(C)C(=O)Nc1ccc2c(c1)OCO2. The van der Waals surface area contributed by atoms with Gasteiger partial charge in [-0.3, -0.25) is 9.59 Å². The van der Waals surface area contributed by atoms with Crippen LogP contribution in [0.25, 0.3) is 10.9 Å². The van der Waals surface area contributed by atoms with Crippen molar-refractivity contribution in [3.63, 3.8) is 0 Å². The molecule has 3 N–H and O–H groups in total. The molecule has 4 amide bonds. The minimum Gasteiger partial charge on any atom is -0.488 e. The molecule has 3 heterocycles. The standard InChI is InChI=1S/C36H41N5O7/c1-22-17-41(23(2)20-42)35(44)15-24-13-26(37-34(43)14-25-18-39(3)29-8-6-5-7-28(25)29)9-11-30(24)48-33(22)19-40(4)36(45)38-27-10-12-31-32(16-27)47-21-46-31/h5-13,16,18,22-23,33,42H,14-15,17,19-21H2,1-4H3,(H,37,43)(H,38,45)/t22-,23-,33-/m0/s1. The molecule has 0 spiro atoms. The van der Waals surface area contributed by atoms with Crippen LogP contribution in [0, 0.1) is 5.92 Å². The summed E-state index contributed by atoms with van der Waals surface area (Å²) in [7, 11) is 3.64. The van der Waals surface area contributed by atoms with E-state index in [9.17, 15) is 19.5 Å². The lowest BCUT2D eigenvalue weighted by Crippen LogP contribution is -2.48. The number of rotatable bonds is 8. The van der Waals surface area contributed by atoms with Crippen LogP contribution in [0.15, 0.2) is 66.9 Å². The highest BCUT2D eigenvalue weighted by Gasteiger charge is 2.32. The first-order valence-electron chi connectivity index (χ1n) is 16.0. The van der Waals surface area contributed by atoms with E-state index in [1.54, 1.807) is 55.3 Å². The van der Waals surface area contributed by atoms with Gasteiger partial charge in [0.1, 0.15) is 11.9 Å². The van der Waals surface area contributed by atoms with Crippen molar-refractivity contribution in [3.05, 3.63) is 78.0 Å². The number of aliphatic hydroxyl groups is 1. The first kappa shape index (κ1) is 32.7. The third-order valence-corrected chi connectivity index (χ3v) is 8.96. The number of fused-ring (bicyclic) bond motifs is 3. The maximum Gasteiger partial charge on any atom is 0.321 e. The minimum atomic E-state index is -0.498. The molecule has 252 valence electrons. The van der Waals surface area contributed by atoms with Gasteiger partial charge in [0.15, 0.2) is 11.5 Å². The highest BCUT2D eigenvalue weighted by atomic mass is 16.7. The molecule has 1 aromatic heterocycles. The van der Waals surface area contributed by atoms with E-state index in [2.05, 4.69) is 10.6 Å². The number of carbonyl (C=O) groups excluding carboxylic acids is 3. The van der Waals surface area contributed by atoms with Gasteiger partial charge >= 0.3 is 6.03 Å². The molecule has 4 aromatic rings. The Bertz CT molecular complexity index is 1840. The zero-order valence-electron chi connectivity index (χ0n) is 27.6. The van der Waals surface area contributed by atoms with Gasteiger partial charge in [-0.25, -0.2) is 4.79 Å². The highest BCUT2D eigenvalue weighted by Crippen LogP contribution is 2.34. The number of hydrogen-bond donors (Lipinski definition) is 3. The summed E-state index contributed by atoms with van der Waals surface area (Å²) >= 11 is 0. The van der Waals surface area contributed by atoms with Crippen LogP contribution in [0.4, 0.5) is 16.2 Å². The summed E-state index contributed by atoms with van der Waals surface area (Å²) < 4.78 is 19.4. The topological polar surface area (TPSA) is 135 Å². The molecular formula is C36H41N5O7. The zero-order valence-corrected chi connectivity index (χ0v) is 27.6. The first-order valence-corrected chi connectivity index (χ1v) is 16.0. The summed E-state index contributed by atoms with van der Waals surface area (Å²) in [5.41, 5.74) is 3.68. The number of aliphatic hydroxyl groups excluding tert-OH is 1. The molecule has 3 aromatic carbocycles. The molecule has 0 fully saturated rings. The number of hydrogen-bond acceptors (Lipinski definition) is 7. The fourth-order valence-corrected chi connectivity index (χ4v) is 6.22. The lowest BCUT2D eigenvalue weighted by atomic mass is 10.0. The Kier molecular flexibility index (Phi) is 9.44. The van der Waals surface area contributed by atoms with Gasteiger partial charge in [-0.15, -0.1) is 0 Å². The fourth-order valence-electron chi connectivity index (χ4n) is 6.22. The first-order chi connectivity index (χ1) is 23.1. The molecule has 0 bridgehead atoms. The average Bonchev–Trinajstić information content (AvgIpc) is 3.67. The van der Waals surface area contributed by atoms with E-state index in [1.807, 2.05) is 49.0 Å². The van der Waals surface area contributed by atoms with Crippen LogP contribution in [0.1, 0.15) is 25.0 Å². The predicted octanol–water partition coefficient (Wildman–Crippen LogP) is 4.40. The van der Waals surface area contributed by atoms with Crippen molar-refractivity contribution in [1.82, 2.24) is 14.4 Å². The van der Waals surface area contributed by atoms with Gasteiger partial charge in [-0.2, -0.15) is 0 Å². The number of likely N-dealkylation sites (N-methyl/N-ethyl adjacent to an activating group) is 1. The summed E-state index contributed by atoms with van der Waals surface area (Å²) in [6.45, 7) is 4.25. The molecule has 12 nitrogen and oxygen atoms in total. The monoisotopic (exact) mass is 655 g/mol. The van der Waals surface area contributed by atoms with E-state index >= 15 is 0 Å². The molecule has 6 rings (SSSR count). The van der Waals surface area contributed by atoms with E-state index < -0.39 is 12.1 Å². The van der Waals surface area contributed by atoms with Gasteiger partial charge in [0, 0.05) is 66.7 Å². The second kappa shape index (κ2) is 13.9. The van der Waals surface area contributed by atoms with Crippen molar-refractivity contribution in [3.8, 4) is 17.2 Å². The Hall–Kier alpha value is -5.23. The van der Waals surface area contributed by atoms with E-state index in [4.69, 9.17) is 14.2 Å². The largest absolute Gasteiger partial charge is 0.488 e. The van der Waals surface area contributed by atoms with Gasteiger partial charge in [-0.1, -0.05) is 25.1 Å². The van der Waals surface area contributed by atoms with Crippen molar-refractivity contribution >= 4 is 40.1 Å². The molecule has 2 aliphatic heterocycles. The fraction of sp³-hybridized carbons (Fsp3) is 0.361. The third kappa shape index (κ3) is 7.03. The number of amides is 4. The number of nitrogens with one attached hydrogen (secondary N) is 2. The number of carbonyl (C=O) groups is 3. The molecule has 3 atom stereocenters. The Morgan fingerprint density at radius 3 is 2.54 bits per heavy atom. The summed E-state index contributed by atoms with van der Waals surface area (Å²) in [5.74, 6) is 1.13. The second-order valence-electron chi connectivity index (χ2n) is 12.6. The van der Waals surface area contributed by atoms with Gasteiger partial charge in [0.05, 0.1) is 32.0 Å². The second-order valence-corrected chi connectivity index (χ2v) is 12.6. The normalized spacial score (nSPS) is 17.9. The van der Waals surface area contributed by atoms with Gasteiger partial charge in [-0.05, 0) is 48.9 Å². The van der Waals surface area contributed by atoms with Crippen LogP contribution in [-0.2, 0) is 29.5 Å². The maximum absolute atomic E-state index is 13.6. The number of ether oxygens (including phenoxy) is 3. The summed E-state index contributed by atoms with van der Waals surface area (Å²) in [5, 5.41) is 16.9. The number of benzene rings is 3. The molecule has 12 heteroatoms. The van der Waals surface area contributed by atoms with Crippen LogP contribution in [0.3, 0.4) is 0 Å². The maximum atomic E-state index is 13.6. The van der Waals surface area contributed by atoms with E-state index in [0.717, 1.165) is 16.5 Å². The van der Waals surface area contributed by atoms with Crippen molar-refractivity contribution in [2.24, 2.45) is 13.0 Å². The van der Waals surface area contributed by atoms with Crippen LogP contribution in [0.2, 0.25) is 0 Å². The third-order valence-electron chi connectivity index (χ3n) is 8.96. The number of nitrogens with zero attached hydrogens (tertiary/aromatic N) is 3. The molecule has 0 saturated heterocycles. The van der Waals surface area contributed by atoms with E-state index in [0.29, 0.717) is 40.7 Å². The lowest BCUT2D eigenvalue weighted by molar-refractivity contribution is -0.134. The number of anilines is 2.